The number of hydrogen-bond acceptors (Lipinski definition) is 4. The molecule has 3 fully saturated rings. The lowest BCUT2D eigenvalue weighted by atomic mass is 9.47. The highest BCUT2D eigenvalue weighted by atomic mass is 16.5. The molecule has 3 saturated carbocycles. The molecule has 0 aromatic carbocycles. The predicted octanol–water partition coefficient (Wildman–Crippen LogP) is 8.42. The number of carbonyl (C=O) groups is 1. The van der Waals surface area contributed by atoms with Gasteiger partial charge in [0.15, 0.2) is 0 Å². The molecule has 4 N–H and O–H groups in total. The van der Waals surface area contributed by atoms with Crippen LogP contribution in [0.3, 0.4) is 0 Å². The van der Waals surface area contributed by atoms with Crippen molar-refractivity contribution in [3.05, 3.63) is 11.6 Å². The van der Waals surface area contributed by atoms with E-state index in [1.165, 1.54) is 57.8 Å². The van der Waals surface area contributed by atoms with Crippen LogP contribution in [-0.4, -0.2) is 25.2 Å². The molecule has 0 amide bonds. The van der Waals surface area contributed by atoms with Crippen LogP contribution in [0.1, 0.15) is 137 Å². The summed E-state index contributed by atoms with van der Waals surface area (Å²) in [6.45, 7) is 13.9. The van der Waals surface area contributed by atoms with Gasteiger partial charge >= 0.3 is 5.97 Å². The third kappa shape index (κ3) is 6.85. The fraction of sp³-hybridized carbons (Fsp3) is 0.917. The Morgan fingerprint density at radius 3 is 2.38 bits per heavy atom. The van der Waals surface area contributed by atoms with Gasteiger partial charge in [-0.15, -0.1) is 0 Å². The Hall–Kier alpha value is -0.870. The molecule has 4 aliphatic rings. The Morgan fingerprint density at radius 2 is 1.65 bits per heavy atom. The lowest BCUT2D eigenvalue weighted by molar-refractivity contribution is -0.157. The molecule has 230 valence electrons. The minimum atomic E-state index is -0.0211. The van der Waals surface area contributed by atoms with Crippen molar-refractivity contribution >= 4 is 5.97 Å². The summed E-state index contributed by atoms with van der Waals surface area (Å²) in [5.74, 6) is 5.16. The molecule has 4 heteroatoms. The van der Waals surface area contributed by atoms with Crippen molar-refractivity contribution in [2.45, 2.75) is 143 Å². The molecule has 0 spiro atoms. The number of ether oxygens (including phenoxy) is 1. The highest BCUT2D eigenvalue weighted by molar-refractivity contribution is 5.72. The maximum absolute atomic E-state index is 13.2. The molecule has 0 saturated heterocycles. The van der Waals surface area contributed by atoms with Gasteiger partial charge in [-0.05, 0) is 130 Å². The van der Waals surface area contributed by atoms with Crippen LogP contribution in [0.25, 0.3) is 0 Å². The molecule has 1 unspecified atom stereocenters. The van der Waals surface area contributed by atoms with Crippen LogP contribution in [0, 0.1) is 52.3 Å². The highest BCUT2D eigenvalue weighted by Crippen LogP contribution is 2.67. The Balaban J connectivity index is 1.38. The van der Waals surface area contributed by atoms with Crippen LogP contribution in [0.4, 0.5) is 0 Å². The van der Waals surface area contributed by atoms with E-state index in [-0.39, 0.29) is 18.0 Å². The van der Waals surface area contributed by atoms with E-state index in [2.05, 4.69) is 40.7 Å². The number of nitrogens with two attached hydrogens (primary N) is 2. The van der Waals surface area contributed by atoms with E-state index in [1.807, 2.05) is 0 Å². The average Bonchev–Trinajstić information content (AvgIpc) is 3.28. The third-order valence-corrected chi connectivity index (χ3v) is 12.6. The van der Waals surface area contributed by atoms with Crippen LogP contribution < -0.4 is 11.5 Å². The van der Waals surface area contributed by atoms with Crippen molar-refractivity contribution in [2.75, 3.05) is 13.1 Å². The van der Waals surface area contributed by atoms with E-state index >= 15 is 0 Å². The van der Waals surface area contributed by atoms with Gasteiger partial charge in [0.05, 0.1) is 5.92 Å². The van der Waals surface area contributed by atoms with Gasteiger partial charge in [-0.1, -0.05) is 72.0 Å². The van der Waals surface area contributed by atoms with Crippen molar-refractivity contribution in [3.63, 3.8) is 0 Å². The first-order valence-electron chi connectivity index (χ1n) is 17.4. The first-order chi connectivity index (χ1) is 19.1. The van der Waals surface area contributed by atoms with Gasteiger partial charge in [0, 0.05) is 6.42 Å². The average molecular weight is 557 g/mol. The second-order valence-corrected chi connectivity index (χ2v) is 15.5. The third-order valence-electron chi connectivity index (χ3n) is 12.6. The minimum Gasteiger partial charge on any atom is -0.462 e. The SMILES string of the molecule is CC(C)CCC[C@@H](C)[C@H]1CC[C@H]2[C@@H]3CC=C4C[C@@H](OC(=O)C(CCCN)CCCCN)CC[C@]4(C)[C@H]3CC[C@]12C. The van der Waals surface area contributed by atoms with E-state index in [4.69, 9.17) is 16.2 Å². The second-order valence-electron chi connectivity index (χ2n) is 15.5. The van der Waals surface area contributed by atoms with Crippen molar-refractivity contribution in [1.82, 2.24) is 0 Å². The minimum absolute atomic E-state index is 0.0151. The number of carbonyl (C=O) groups excluding carboxylic acids is 1. The van der Waals surface area contributed by atoms with Gasteiger partial charge in [0.1, 0.15) is 6.10 Å². The molecule has 0 aromatic rings. The molecular formula is C36H64N2O2. The molecule has 0 bridgehead atoms. The Morgan fingerprint density at radius 1 is 0.900 bits per heavy atom. The molecular weight excluding hydrogens is 492 g/mol. The standard InChI is InChI=1S/C36H64N2O2/c1-25(2)10-8-11-26(3)31-16-17-32-30-15-14-28-24-29(18-20-35(28,4)33(30)19-21-36(31,32)5)40-34(39)27(13-9-23-38)12-6-7-22-37/h14,25-27,29-33H,6-13,15-24,37-38H2,1-5H3/t26-,27?,29+,30+,31-,32+,33+,35+,36-/m1/s1. The molecule has 0 aromatic heterocycles. The normalized spacial score (nSPS) is 36.8. The Bertz CT molecular complexity index is 854. The molecule has 4 aliphatic carbocycles. The van der Waals surface area contributed by atoms with Crippen molar-refractivity contribution in [3.8, 4) is 0 Å². The monoisotopic (exact) mass is 556 g/mol. The second kappa shape index (κ2) is 14.1. The molecule has 0 radical (unpaired) electrons. The van der Waals surface area contributed by atoms with E-state index < -0.39 is 0 Å². The summed E-state index contributed by atoms with van der Waals surface area (Å²) < 4.78 is 6.23. The van der Waals surface area contributed by atoms with Gasteiger partial charge in [-0.3, -0.25) is 4.79 Å². The van der Waals surface area contributed by atoms with Crippen LogP contribution in [0.15, 0.2) is 11.6 Å². The van der Waals surface area contributed by atoms with Gasteiger partial charge in [0.2, 0.25) is 0 Å². The molecule has 9 atom stereocenters. The summed E-state index contributed by atoms with van der Waals surface area (Å²) in [5.41, 5.74) is 13.9. The largest absolute Gasteiger partial charge is 0.462 e. The predicted molar refractivity (Wildman–Crippen MR) is 168 cm³/mol. The molecule has 0 aliphatic heterocycles. The summed E-state index contributed by atoms with van der Waals surface area (Å²) in [7, 11) is 0. The van der Waals surface area contributed by atoms with Gasteiger partial charge in [-0.25, -0.2) is 0 Å². The zero-order valence-corrected chi connectivity index (χ0v) is 26.9. The van der Waals surface area contributed by atoms with E-state index in [0.29, 0.717) is 23.9 Å². The summed E-state index contributed by atoms with van der Waals surface area (Å²) in [6.07, 6.45) is 21.6. The van der Waals surface area contributed by atoms with Gasteiger partial charge in [-0.2, -0.15) is 0 Å². The number of allylic oxidation sites excluding steroid dienone is 1. The molecule has 4 nitrogen and oxygen atoms in total. The van der Waals surface area contributed by atoms with Gasteiger partial charge < -0.3 is 16.2 Å². The lowest BCUT2D eigenvalue weighted by Gasteiger charge is -2.58. The molecule has 40 heavy (non-hydrogen) atoms. The van der Waals surface area contributed by atoms with Crippen LogP contribution >= 0.6 is 0 Å². The topological polar surface area (TPSA) is 78.3 Å². The first kappa shape index (κ1) is 32.1. The van der Waals surface area contributed by atoms with E-state index in [0.717, 1.165) is 80.5 Å². The molecule has 0 heterocycles. The lowest BCUT2D eigenvalue weighted by Crippen LogP contribution is -2.51. The number of esters is 1. The van der Waals surface area contributed by atoms with Crippen molar-refractivity contribution in [1.29, 1.82) is 0 Å². The summed E-state index contributed by atoms with van der Waals surface area (Å²) in [6, 6.07) is 0. The van der Waals surface area contributed by atoms with Crippen LogP contribution in [-0.2, 0) is 9.53 Å². The number of fused-ring (bicyclic) bond motifs is 5. The van der Waals surface area contributed by atoms with Crippen molar-refractivity contribution < 1.29 is 9.53 Å². The maximum atomic E-state index is 13.2. The Labute approximate surface area is 247 Å². The van der Waals surface area contributed by atoms with Gasteiger partial charge in [0.25, 0.3) is 0 Å². The van der Waals surface area contributed by atoms with Crippen molar-refractivity contribution in [2.24, 2.45) is 63.7 Å². The zero-order valence-electron chi connectivity index (χ0n) is 26.9. The maximum Gasteiger partial charge on any atom is 0.309 e. The summed E-state index contributed by atoms with van der Waals surface area (Å²) in [4.78, 5) is 13.2. The fourth-order valence-corrected chi connectivity index (χ4v) is 10.3. The molecule has 4 rings (SSSR count). The first-order valence-corrected chi connectivity index (χ1v) is 17.4. The quantitative estimate of drug-likeness (QED) is 0.128. The Kier molecular flexibility index (Phi) is 11.3. The summed E-state index contributed by atoms with van der Waals surface area (Å²) in [5, 5.41) is 0. The zero-order chi connectivity index (χ0) is 28.9. The number of rotatable bonds is 14. The summed E-state index contributed by atoms with van der Waals surface area (Å²) >= 11 is 0. The fourth-order valence-electron chi connectivity index (χ4n) is 10.3. The van der Waals surface area contributed by atoms with E-state index in [1.54, 1.807) is 5.57 Å². The number of hydrogen-bond donors (Lipinski definition) is 2. The van der Waals surface area contributed by atoms with Crippen LogP contribution in [0.5, 0.6) is 0 Å². The highest BCUT2D eigenvalue weighted by Gasteiger charge is 2.59. The van der Waals surface area contributed by atoms with E-state index in [9.17, 15) is 4.79 Å². The smallest absolute Gasteiger partial charge is 0.309 e. The number of unbranched alkanes of at least 4 members (excludes halogenated alkanes) is 1. The van der Waals surface area contributed by atoms with Crippen LogP contribution in [0.2, 0.25) is 0 Å².